The van der Waals surface area contributed by atoms with Gasteiger partial charge in [0.25, 0.3) is 0 Å². The van der Waals surface area contributed by atoms with Crippen LogP contribution in [0.2, 0.25) is 0 Å². The molecule has 6 heteroatoms. The smallest absolute Gasteiger partial charge is 0.305 e. The first-order valence-corrected chi connectivity index (χ1v) is 12.0. The van der Waals surface area contributed by atoms with Crippen LogP contribution >= 0.6 is 11.8 Å². The maximum absolute atomic E-state index is 12.4. The van der Waals surface area contributed by atoms with Gasteiger partial charge in [-0.1, -0.05) is 37.5 Å². The molecule has 0 bridgehead atoms. The van der Waals surface area contributed by atoms with Crippen molar-refractivity contribution in [1.82, 2.24) is 0 Å². The Balaban J connectivity index is 1.75. The van der Waals surface area contributed by atoms with Crippen molar-refractivity contribution in [3.05, 3.63) is 30.3 Å². The van der Waals surface area contributed by atoms with Crippen LogP contribution in [0, 0.1) is 11.8 Å². The summed E-state index contributed by atoms with van der Waals surface area (Å²) in [4.78, 5) is 24.7. The third-order valence-electron chi connectivity index (χ3n) is 6.02. The summed E-state index contributed by atoms with van der Waals surface area (Å²) in [5, 5.41) is 21.2. The Morgan fingerprint density at radius 1 is 1.17 bits per heavy atom. The maximum Gasteiger partial charge on any atom is 0.305 e. The first-order valence-electron chi connectivity index (χ1n) is 11.0. The Labute approximate surface area is 184 Å². The van der Waals surface area contributed by atoms with Crippen molar-refractivity contribution in [1.29, 1.82) is 0 Å². The number of hydrogen-bond donors (Lipinski definition) is 2. The van der Waals surface area contributed by atoms with E-state index in [9.17, 15) is 19.8 Å². The topological polar surface area (TPSA) is 83.8 Å². The number of rotatable bonds is 13. The summed E-state index contributed by atoms with van der Waals surface area (Å²) in [5.74, 6) is 0.375. The second-order valence-corrected chi connectivity index (χ2v) is 9.72. The van der Waals surface area contributed by atoms with E-state index in [0.717, 1.165) is 37.0 Å². The molecule has 0 aliphatic heterocycles. The van der Waals surface area contributed by atoms with E-state index in [1.807, 2.05) is 37.3 Å². The molecule has 1 aliphatic rings. The minimum atomic E-state index is -0.843. The molecule has 5 nitrogen and oxygen atoms in total. The van der Waals surface area contributed by atoms with Crippen molar-refractivity contribution in [2.75, 3.05) is 12.9 Å². The molecule has 1 aromatic carbocycles. The van der Waals surface area contributed by atoms with Gasteiger partial charge in [-0.25, -0.2) is 0 Å². The van der Waals surface area contributed by atoms with Gasteiger partial charge >= 0.3 is 5.97 Å². The molecule has 1 aliphatic carbocycles. The fourth-order valence-corrected chi connectivity index (χ4v) is 5.15. The van der Waals surface area contributed by atoms with Crippen LogP contribution in [0.3, 0.4) is 0 Å². The highest BCUT2D eigenvalue weighted by Crippen LogP contribution is 2.38. The van der Waals surface area contributed by atoms with Crippen LogP contribution in [-0.2, 0) is 14.3 Å². The highest BCUT2D eigenvalue weighted by molar-refractivity contribution is 7.99. The van der Waals surface area contributed by atoms with E-state index >= 15 is 0 Å². The molecule has 0 spiro atoms. The van der Waals surface area contributed by atoms with Crippen LogP contribution in [-0.4, -0.2) is 46.5 Å². The van der Waals surface area contributed by atoms with Gasteiger partial charge in [0.2, 0.25) is 0 Å². The van der Waals surface area contributed by atoms with E-state index in [1.54, 1.807) is 11.8 Å². The molecule has 1 saturated carbocycles. The van der Waals surface area contributed by atoms with Crippen LogP contribution < -0.4 is 0 Å². The molecule has 0 saturated heterocycles. The number of esters is 1. The minimum absolute atomic E-state index is 0.0687. The van der Waals surface area contributed by atoms with E-state index in [2.05, 4.69) is 4.74 Å². The number of methoxy groups -OCH3 is 1. The predicted octanol–water partition coefficient (Wildman–Crippen LogP) is 4.39. The maximum atomic E-state index is 12.4. The van der Waals surface area contributed by atoms with Crippen molar-refractivity contribution in [3.63, 3.8) is 0 Å². The third-order valence-corrected chi connectivity index (χ3v) is 7.39. The van der Waals surface area contributed by atoms with Crippen molar-refractivity contribution >= 4 is 23.5 Å². The fraction of sp³-hybridized carbons (Fsp3) is 0.667. The van der Waals surface area contributed by atoms with Gasteiger partial charge in [0.1, 0.15) is 5.78 Å². The largest absolute Gasteiger partial charge is 0.469 e. The number of ketones is 1. The summed E-state index contributed by atoms with van der Waals surface area (Å²) >= 11 is 1.62. The molecule has 1 fully saturated rings. The minimum Gasteiger partial charge on any atom is -0.469 e. The quantitative estimate of drug-likeness (QED) is 0.271. The molecule has 2 rings (SSSR count). The van der Waals surface area contributed by atoms with Gasteiger partial charge in [-0.3, -0.25) is 9.59 Å². The van der Waals surface area contributed by atoms with E-state index in [4.69, 9.17) is 0 Å². The number of carbonyl (C=O) groups excluding carboxylic acids is 2. The highest BCUT2D eigenvalue weighted by Gasteiger charge is 2.41. The summed E-state index contributed by atoms with van der Waals surface area (Å²) in [7, 11) is 1.40. The highest BCUT2D eigenvalue weighted by atomic mass is 32.2. The van der Waals surface area contributed by atoms with Crippen LogP contribution in [0.5, 0.6) is 0 Å². The Morgan fingerprint density at radius 3 is 2.57 bits per heavy atom. The predicted molar refractivity (Wildman–Crippen MR) is 119 cm³/mol. The standard InChI is InChI=1S/C24H36O5S/c1-24(28,17-30-18-10-6-5-7-11-18)15-14-20-19(21(25)16-22(20)26)12-8-3-4-9-13-23(27)29-2/h5-7,10-11,19-20,22,26,28H,3-4,8-9,12-17H2,1-2H3/t19?,20-,22?,24?/m1/s1. The summed E-state index contributed by atoms with van der Waals surface area (Å²) in [6.07, 6.45) is 5.71. The Bertz CT molecular complexity index is 661. The molecule has 30 heavy (non-hydrogen) atoms. The number of aliphatic hydroxyl groups excluding tert-OH is 1. The van der Waals surface area contributed by atoms with E-state index in [1.165, 1.54) is 7.11 Å². The number of ether oxygens (including phenoxy) is 1. The fourth-order valence-electron chi connectivity index (χ4n) is 4.18. The molecule has 168 valence electrons. The molecular weight excluding hydrogens is 400 g/mol. The molecule has 2 N–H and O–H groups in total. The number of Topliss-reactive ketones (excluding diaryl/α,β-unsaturated/α-hetero) is 1. The number of unbranched alkanes of at least 4 members (excludes halogenated alkanes) is 3. The first-order chi connectivity index (χ1) is 14.3. The Hall–Kier alpha value is -1.37. The lowest BCUT2D eigenvalue weighted by Crippen LogP contribution is -2.30. The zero-order valence-electron chi connectivity index (χ0n) is 18.2. The van der Waals surface area contributed by atoms with E-state index in [-0.39, 0.29) is 30.0 Å². The Morgan fingerprint density at radius 2 is 1.87 bits per heavy atom. The lowest BCUT2D eigenvalue weighted by Gasteiger charge is -2.27. The molecule has 0 heterocycles. The molecular formula is C24H36O5S. The molecule has 4 atom stereocenters. The van der Waals surface area contributed by atoms with Gasteiger partial charge in [-0.15, -0.1) is 11.8 Å². The van der Waals surface area contributed by atoms with Gasteiger partial charge in [0, 0.05) is 29.4 Å². The third kappa shape index (κ3) is 8.40. The summed E-state index contributed by atoms with van der Waals surface area (Å²) in [6.45, 7) is 1.84. The van der Waals surface area contributed by atoms with Crippen LogP contribution in [0.4, 0.5) is 0 Å². The molecule has 1 aromatic rings. The second kappa shape index (κ2) is 12.5. The number of hydrogen-bond acceptors (Lipinski definition) is 6. The normalized spacial score (nSPS) is 23.3. The van der Waals surface area contributed by atoms with E-state index in [0.29, 0.717) is 25.0 Å². The second-order valence-electron chi connectivity index (χ2n) is 8.67. The van der Waals surface area contributed by atoms with Gasteiger partial charge in [0.15, 0.2) is 0 Å². The molecule has 0 radical (unpaired) electrons. The monoisotopic (exact) mass is 436 g/mol. The number of aliphatic hydroxyl groups is 2. The van der Waals surface area contributed by atoms with Gasteiger partial charge in [-0.2, -0.15) is 0 Å². The van der Waals surface area contributed by atoms with Crippen molar-refractivity contribution in [3.8, 4) is 0 Å². The van der Waals surface area contributed by atoms with Crippen molar-refractivity contribution in [2.45, 2.75) is 81.3 Å². The zero-order valence-corrected chi connectivity index (χ0v) is 19.0. The molecule has 0 aromatic heterocycles. The molecule has 3 unspecified atom stereocenters. The van der Waals surface area contributed by atoms with Crippen LogP contribution in [0.15, 0.2) is 35.2 Å². The summed E-state index contributed by atoms with van der Waals surface area (Å²) < 4.78 is 4.64. The summed E-state index contributed by atoms with van der Waals surface area (Å²) in [6, 6.07) is 10.00. The van der Waals surface area contributed by atoms with Crippen LogP contribution in [0.1, 0.15) is 64.7 Å². The first kappa shape index (κ1) is 24.9. The average Bonchev–Trinajstić information content (AvgIpc) is 3.00. The number of thioether (sulfide) groups is 1. The zero-order chi connectivity index (χ0) is 22.0. The van der Waals surface area contributed by atoms with Gasteiger partial charge in [-0.05, 0) is 50.7 Å². The lowest BCUT2D eigenvalue weighted by atomic mass is 9.83. The average molecular weight is 437 g/mol. The Kier molecular flexibility index (Phi) is 10.4. The molecule has 0 amide bonds. The van der Waals surface area contributed by atoms with E-state index < -0.39 is 11.7 Å². The summed E-state index contributed by atoms with van der Waals surface area (Å²) in [5.41, 5.74) is -0.843. The number of benzene rings is 1. The van der Waals surface area contributed by atoms with Crippen LogP contribution in [0.25, 0.3) is 0 Å². The van der Waals surface area contributed by atoms with Crippen molar-refractivity contribution < 1.29 is 24.5 Å². The lowest BCUT2D eigenvalue weighted by molar-refractivity contribution is -0.140. The number of carbonyl (C=O) groups is 2. The van der Waals surface area contributed by atoms with Crippen molar-refractivity contribution in [2.24, 2.45) is 11.8 Å². The SMILES string of the molecule is COC(=O)CCCCCCC1C(=O)CC(O)[C@@H]1CCC(C)(O)CSc1ccccc1. The van der Waals surface area contributed by atoms with Gasteiger partial charge < -0.3 is 14.9 Å². The van der Waals surface area contributed by atoms with Gasteiger partial charge in [0.05, 0.1) is 18.8 Å².